The first-order chi connectivity index (χ1) is 15.1. The molecule has 0 heterocycles. The summed E-state index contributed by atoms with van der Waals surface area (Å²) in [5, 5.41) is 0. The lowest BCUT2D eigenvalue weighted by Crippen LogP contribution is -2.23. The summed E-state index contributed by atoms with van der Waals surface area (Å²) in [4.78, 5) is 14.4. The van der Waals surface area contributed by atoms with Crippen molar-refractivity contribution in [2.75, 3.05) is 20.6 Å². The van der Waals surface area contributed by atoms with E-state index in [1.165, 1.54) is 122 Å². The molecular weight excluding hydrogens is 378 g/mol. The van der Waals surface area contributed by atoms with Gasteiger partial charge in [-0.3, -0.25) is 4.79 Å². The molecule has 0 fully saturated rings. The van der Waals surface area contributed by atoms with Crippen LogP contribution in [0.4, 0.5) is 0 Å². The van der Waals surface area contributed by atoms with Crippen LogP contribution in [-0.4, -0.2) is 31.3 Å². The quantitative estimate of drug-likeness (QED) is 0.111. The van der Waals surface area contributed by atoms with Crippen molar-refractivity contribution in [1.82, 2.24) is 4.90 Å². The third-order valence-electron chi connectivity index (χ3n) is 6.35. The largest absolute Gasteiger partial charge is 0.302 e. The molecule has 0 saturated carbocycles. The number of carbonyl (C=O) groups excluding carboxylic acids is 1. The van der Waals surface area contributed by atoms with Crippen molar-refractivity contribution in [3.05, 3.63) is 12.2 Å². The summed E-state index contributed by atoms with van der Waals surface area (Å²) < 4.78 is 0. The van der Waals surface area contributed by atoms with Crippen molar-refractivity contribution < 1.29 is 4.79 Å². The molecule has 1 unspecified atom stereocenters. The van der Waals surface area contributed by atoms with Gasteiger partial charge in [-0.15, -0.1) is 0 Å². The molecule has 2 nitrogen and oxygen atoms in total. The molecule has 0 aliphatic heterocycles. The maximum absolute atomic E-state index is 12.3. The Bertz CT molecular complexity index is 402. The third kappa shape index (κ3) is 23.9. The van der Waals surface area contributed by atoms with E-state index in [4.69, 9.17) is 0 Å². The molecule has 0 bridgehead atoms. The molecule has 0 aromatic heterocycles. The maximum Gasteiger partial charge on any atom is 0.147 e. The normalized spacial score (nSPS) is 12.8. The molecule has 0 radical (unpaired) electrons. The number of ketones is 1. The molecule has 0 spiro atoms. The monoisotopic (exact) mass is 435 g/mol. The van der Waals surface area contributed by atoms with Gasteiger partial charge in [0, 0.05) is 6.42 Å². The maximum atomic E-state index is 12.3. The Kier molecular flexibility index (Phi) is 23.5. The van der Waals surface area contributed by atoms with E-state index in [0.29, 0.717) is 18.2 Å². The van der Waals surface area contributed by atoms with Gasteiger partial charge in [0.2, 0.25) is 0 Å². The minimum Gasteiger partial charge on any atom is -0.302 e. The zero-order valence-electron chi connectivity index (χ0n) is 21.9. The van der Waals surface area contributed by atoms with Gasteiger partial charge in [0.15, 0.2) is 0 Å². The van der Waals surface area contributed by atoms with E-state index in [-0.39, 0.29) is 0 Å². The molecule has 0 aromatic rings. The Balaban J connectivity index is 3.90. The highest BCUT2D eigenvalue weighted by Gasteiger charge is 2.14. The van der Waals surface area contributed by atoms with Gasteiger partial charge in [-0.2, -0.15) is 0 Å². The predicted molar refractivity (Wildman–Crippen MR) is 140 cm³/mol. The molecule has 1 atom stereocenters. The third-order valence-corrected chi connectivity index (χ3v) is 6.35. The van der Waals surface area contributed by atoms with Gasteiger partial charge < -0.3 is 4.90 Å². The van der Waals surface area contributed by atoms with Crippen LogP contribution in [-0.2, 0) is 4.79 Å². The summed E-state index contributed by atoms with van der Waals surface area (Å²) in [6.45, 7) is 5.16. The number of likely N-dealkylation sites (N-methyl/N-ethyl adjacent to an activating group) is 1. The highest BCUT2D eigenvalue weighted by molar-refractivity contribution is 5.80. The minimum absolute atomic E-state index is 0.434. The summed E-state index contributed by atoms with van der Waals surface area (Å²) >= 11 is 0. The van der Waals surface area contributed by atoms with Crippen LogP contribution < -0.4 is 0 Å². The summed E-state index contributed by atoms with van der Waals surface area (Å²) in [7, 11) is 4.01. The van der Waals surface area contributed by atoms with Crippen LogP contribution in [0.15, 0.2) is 12.2 Å². The van der Waals surface area contributed by atoms with E-state index >= 15 is 0 Å². The van der Waals surface area contributed by atoms with Crippen LogP contribution in [0.3, 0.4) is 0 Å². The van der Waals surface area contributed by atoms with Crippen LogP contribution in [0.25, 0.3) is 0 Å². The fourth-order valence-electron chi connectivity index (χ4n) is 4.45. The highest BCUT2D eigenvalue weighted by atomic mass is 16.1. The Morgan fingerprint density at radius 3 is 1.58 bits per heavy atom. The molecule has 0 N–H and O–H groups in total. The summed E-state index contributed by atoms with van der Waals surface area (Å²) in [6.07, 6.45) is 30.9. The van der Waals surface area contributed by atoms with Crippen molar-refractivity contribution in [3.63, 3.8) is 0 Å². The smallest absolute Gasteiger partial charge is 0.147 e. The highest BCUT2D eigenvalue weighted by Crippen LogP contribution is 2.22. The van der Waals surface area contributed by atoms with Gasteiger partial charge >= 0.3 is 0 Å². The minimum atomic E-state index is 0.434. The molecule has 0 aliphatic carbocycles. The summed E-state index contributed by atoms with van der Waals surface area (Å²) in [5.74, 6) is 1.05. The molecule has 0 aliphatic rings. The van der Waals surface area contributed by atoms with Crippen molar-refractivity contribution in [1.29, 1.82) is 0 Å². The van der Waals surface area contributed by atoms with E-state index in [1.807, 2.05) is 19.0 Å². The lowest BCUT2D eigenvalue weighted by molar-refractivity contribution is -0.120. The molecular formula is C29H57NO. The number of allylic oxidation sites excluding steroid dienone is 2. The molecule has 0 rings (SSSR count). The lowest BCUT2D eigenvalue weighted by Gasteiger charge is -2.17. The first-order valence-electron chi connectivity index (χ1n) is 13.9. The molecule has 184 valence electrons. The molecule has 31 heavy (non-hydrogen) atoms. The standard InChI is InChI=1S/C29H57NO/c1-5-7-9-11-13-14-15-16-17-19-21-23-25-28(26-29(31)27-30(3)4)24-22-20-18-12-10-8-6-2/h13-14,28H,5-12,15-27H2,1-4H3/b14-13+. The van der Waals surface area contributed by atoms with E-state index in [0.717, 1.165) is 6.42 Å². The Morgan fingerprint density at radius 2 is 1.06 bits per heavy atom. The zero-order valence-corrected chi connectivity index (χ0v) is 21.9. The van der Waals surface area contributed by atoms with Gasteiger partial charge in [0.25, 0.3) is 0 Å². The SMILES string of the molecule is CCCCC/C=C/CCCCCCCC(CCCCCCCCC)CC(=O)CN(C)C. The summed E-state index contributed by atoms with van der Waals surface area (Å²) in [5.41, 5.74) is 0. The van der Waals surface area contributed by atoms with E-state index < -0.39 is 0 Å². The van der Waals surface area contributed by atoms with E-state index in [9.17, 15) is 4.79 Å². The molecule has 0 saturated heterocycles. The predicted octanol–water partition coefficient (Wildman–Crippen LogP) is 9.13. The van der Waals surface area contributed by atoms with Gasteiger partial charge in [0.1, 0.15) is 5.78 Å². The van der Waals surface area contributed by atoms with E-state index in [1.54, 1.807) is 0 Å². The van der Waals surface area contributed by atoms with Gasteiger partial charge in [-0.1, -0.05) is 122 Å². The van der Waals surface area contributed by atoms with Crippen LogP contribution in [0.1, 0.15) is 142 Å². The summed E-state index contributed by atoms with van der Waals surface area (Å²) in [6, 6.07) is 0. The average Bonchev–Trinajstić information content (AvgIpc) is 2.73. The second-order valence-corrected chi connectivity index (χ2v) is 10.1. The molecule has 2 heteroatoms. The van der Waals surface area contributed by atoms with Gasteiger partial charge in [-0.25, -0.2) is 0 Å². The number of carbonyl (C=O) groups is 1. The fourth-order valence-corrected chi connectivity index (χ4v) is 4.45. The number of Topliss-reactive ketones (excluding diaryl/α,β-unsaturated/α-hetero) is 1. The van der Waals surface area contributed by atoms with Gasteiger partial charge in [0.05, 0.1) is 6.54 Å². The van der Waals surface area contributed by atoms with Gasteiger partial charge in [-0.05, 0) is 45.7 Å². The Morgan fingerprint density at radius 1 is 0.645 bits per heavy atom. The number of rotatable bonds is 24. The van der Waals surface area contributed by atoms with Crippen LogP contribution in [0, 0.1) is 5.92 Å². The topological polar surface area (TPSA) is 20.3 Å². The van der Waals surface area contributed by atoms with Crippen molar-refractivity contribution in [3.8, 4) is 0 Å². The van der Waals surface area contributed by atoms with E-state index in [2.05, 4.69) is 26.0 Å². The second kappa shape index (κ2) is 24.0. The first-order valence-corrected chi connectivity index (χ1v) is 13.9. The second-order valence-electron chi connectivity index (χ2n) is 10.1. The van der Waals surface area contributed by atoms with Crippen molar-refractivity contribution >= 4 is 5.78 Å². The molecule has 0 amide bonds. The molecule has 0 aromatic carbocycles. The number of nitrogens with zero attached hydrogens (tertiary/aromatic N) is 1. The van der Waals surface area contributed by atoms with Crippen molar-refractivity contribution in [2.24, 2.45) is 5.92 Å². The first kappa shape index (κ1) is 30.4. The van der Waals surface area contributed by atoms with Crippen LogP contribution in [0.2, 0.25) is 0 Å². The number of hydrogen-bond donors (Lipinski definition) is 0. The lowest BCUT2D eigenvalue weighted by atomic mass is 9.90. The number of unbranched alkanes of at least 4 members (excludes halogenated alkanes) is 14. The van der Waals surface area contributed by atoms with Crippen LogP contribution >= 0.6 is 0 Å². The average molecular weight is 436 g/mol. The fraction of sp³-hybridized carbons (Fsp3) is 0.897. The van der Waals surface area contributed by atoms with Crippen LogP contribution in [0.5, 0.6) is 0 Å². The Labute approximate surface area is 196 Å². The Hall–Kier alpha value is -0.630. The van der Waals surface area contributed by atoms with Crippen molar-refractivity contribution in [2.45, 2.75) is 142 Å². The number of hydrogen-bond acceptors (Lipinski definition) is 2. The zero-order chi connectivity index (χ0) is 23.0.